The third-order valence-corrected chi connectivity index (χ3v) is 6.22. The molecular formula is C24H28N6O2S. The number of aryl methyl sites for hydroxylation is 1. The number of hydrogen-bond donors (Lipinski definition) is 1. The maximum atomic E-state index is 12.2. The zero-order valence-electron chi connectivity index (χ0n) is 19.5. The standard InChI is InChI=1S/C24H28N6O2S/c1-6-32-22(31)18-14-26-29(5)21(18)25-13-16-9-7-8-10-19(16)33-17-11-12-20-27-28-23(24(2,3)4)30(20)15-17/h7-12,14-15,25H,6,13H2,1-5H3. The van der Waals surface area contributed by atoms with Gasteiger partial charge in [-0.1, -0.05) is 50.7 Å². The average molecular weight is 465 g/mol. The van der Waals surface area contributed by atoms with Gasteiger partial charge in [0.1, 0.15) is 17.2 Å². The van der Waals surface area contributed by atoms with Crippen LogP contribution in [0.4, 0.5) is 5.82 Å². The number of carbonyl (C=O) groups is 1. The lowest BCUT2D eigenvalue weighted by Crippen LogP contribution is -2.15. The molecule has 4 aromatic rings. The van der Waals surface area contributed by atoms with Crippen molar-refractivity contribution in [2.24, 2.45) is 7.05 Å². The van der Waals surface area contributed by atoms with Gasteiger partial charge in [0, 0.05) is 35.0 Å². The Morgan fingerprint density at radius 1 is 1.15 bits per heavy atom. The molecule has 1 aromatic carbocycles. The summed E-state index contributed by atoms with van der Waals surface area (Å²) >= 11 is 1.68. The maximum absolute atomic E-state index is 12.2. The van der Waals surface area contributed by atoms with Gasteiger partial charge in [0.2, 0.25) is 0 Å². The Hall–Kier alpha value is -3.33. The number of benzene rings is 1. The highest BCUT2D eigenvalue weighted by Gasteiger charge is 2.21. The maximum Gasteiger partial charge on any atom is 0.343 e. The quantitative estimate of drug-likeness (QED) is 0.397. The lowest BCUT2D eigenvalue weighted by Gasteiger charge is -2.16. The van der Waals surface area contributed by atoms with Crippen molar-refractivity contribution in [3.05, 3.63) is 65.7 Å². The molecule has 0 radical (unpaired) electrons. The highest BCUT2D eigenvalue weighted by molar-refractivity contribution is 7.99. The topological polar surface area (TPSA) is 86.3 Å². The molecule has 4 rings (SSSR count). The lowest BCUT2D eigenvalue weighted by atomic mass is 9.96. The van der Waals surface area contributed by atoms with Crippen molar-refractivity contribution in [3.8, 4) is 0 Å². The van der Waals surface area contributed by atoms with Crippen molar-refractivity contribution in [1.82, 2.24) is 24.4 Å². The number of nitrogens with zero attached hydrogens (tertiary/aromatic N) is 5. The molecule has 0 spiro atoms. The fraction of sp³-hybridized carbons (Fsp3) is 0.333. The summed E-state index contributed by atoms with van der Waals surface area (Å²) in [5.41, 5.74) is 2.27. The fourth-order valence-corrected chi connectivity index (χ4v) is 4.47. The van der Waals surface area contributed by atoms with E-state index in [1.165, 1.54) is 6.20 Å². The van der Waals surface area contributed by atoms with Crippen molar-refractivity contribution in [1.29, 1.82) is 0 Å². The molecule has 3 aromatic heterocycles. The summed E-state index contributed by atoms with van der Waals surface area (Å²) in [5.74, 6) is 1.18. The van der Waals surface area contributed by atoms with Crippen LogP contribution >= 0.6 is 11.8 Å². The first-order valence-corrected chi connectivity index (χ1v) is 11.6. The number of esters is 1. The highest BCUT2D eigenvalue weighted by Crippen LogP contribution is 2.32. The zero-order chi connectivity index (χ0) is 23.6. The van der Waals surface area contributed by atoms with E-state index in [-0.39, 0.29) is 11.4 Å². The Bertz CT molecular complexity index is 1290. The number of hydrogen-bond acceptors (Lipinski definition) is 7. The lowest BCUT2D eigenvalue weighted by molar-refractivity contribution is 0.0527. The Balaban J connectivity index is 1.57. The van der Waals surface area contributed by atoms with Gasteiger partial charge in [-0.15, -0.1) is 10.2 Å². The molecule has 3 heterocycles. The Morgan fingerprint density at radius 2 is 1.94 bits per heavy atom. The first kappa shape index (κ1) is 22.8. The van der Waals surface area contributed by atoms with Crippen LogP contribution in [0.25, 0.3) is 5.65 Å². The van der Waals surface area contributed by atoms with E-state index in [2.05, 4.69) is 70.2 Å². The summed E-state index contributed by atoms with van der Waals surface area (Å²) in [7, 11) is 1.80. The molecule has 0 fully saturated rings. The number of rotatable bonds is 7. The summed E-state index contributed by atoms with van der Waals surface area (Å²) in [5, 5.41) is 16.2. The molecule has 0 aliphatic rings. The molecule has 0 aliphatic carbocycles. The van der Waals surface area contributed by atoms with Crippen molar-refractivity contribution < 1.29 is 9.53 Å². The Kier molecular flexibility index (Phi) is 6.42. The van der Waals surface area contributed by atoms with Crippen LogP contribution in [0.15, 0.2) is 58.6 Å². The molecule has 0 amide bonds. The number of ether oxygens (including phenoxy) is 1. The van der Waals surface area contributed by atoms with Crippen LogP contribution < -0.4 is 5.32 Å². The van der Waals surface area contributed by atoms with E-state index >= 15 is 0 Å². The molecule has 0 unspecified atom stereocenters. The second-order valence-electron chi connectivity index (χ2n) is 8.68. The van der Waals surface area contributed by atoms with E-state index in [9.17, 15) is 4.79 Å². The second-order valence-corrected chi connectivity index (χ2v) is 9.80. The third-order valence-electron chi connectivity index (χ3n) is 5.13. The number of carbonyl (C=O) groups excluding carboxylic acids is 1. The summed E-state index contributed by atoms with van der Waals surface area (Å²) in [6.07, 6.45) is 3.62. The smallest absolute Gasteiger partial charge is 0.343 e. The largest absolute Gasteiger partial charge is 0.462 e. The summed E-state index contributed by atoms with van der Waals surface area (Å²) < 4.78 is 8.86. The summed E-state index contributed by atoms with van der Waals surface area (Å²) in [6, 6.07) is 12.3. The van der Waals surface area contributed by atoms with Crippen LogP contribution in [-0.4, -0.2) is 37.0 Å². The average Bonchev–Trinajstić information content (AvgIpc) is 3.36. The normalized spacial score (nSPS) is 11.7. The van der Waals surface area contributed by atoms with E-state index < -0.39 is 0 Å². The van der Waals surface area contributed by atoms with E-state index in [0.717, 1.165) is 26.8 Å². The predicted molar refractivity (Wildman–Crippen MR) is 129 cm³/mol. The monoisotopic (exact) mass is 464 g/mol. The van der Waals surface area contributed by atoms with Gasteiger partial charge in [0.25, 0.3) is 0 Å². The fourth-order valence-electron chi connectivity index (χ4n) is 3.50. The van der Waals surface area contributed by atoms with E-state index in [0.29, 0.717) is 24.5 Å². The third kappa shape index (κ3) is 4.88. The van der Waals surface area contributed by atoms with Crippen molar-refractivity contribution in [3.63, 3.8) is 0 Å². The molecule has 0 aliphatic heterocycles. The van der Waals surface area contributed by atoms with Gasteiger partial charge in [-0.2, -0.15) is 5.10 Å². The first-order valence-electron chi connectivity index (χ1n) is 10.8. The minimum atomic E-state index is -0.382. The van der Waals surface area contributed by atoms with E-state index in [1.54, 1.807) is 30.4 Å². The molecule has 33 heavy (non-hydrogen) atoms. The summed E-state index contributed by atoms with van der Waals surface area (Å²) in [6.45, 7) is 9.04. The number of pyridine rings is 1. The molecule has 172 valence electrons. The predicted octanol–water partition coefficient (Wildman–Crippen LogP) is 4.70. The van der Waals surface area contributed by atoms with Crippen molar-refractivity contribution in [2.45, 2.75) is 49.4 Å². The van der Waals surface area contributed by atoms with Crippen LogP contribution in [0.5, 0.6) is 0 Å². The van der Waals surface area contributed by atoms with Crippen LogP contribution in [0.1, 0.15) is 49.4 Å². The second kappa shape index (κ2) is 9.27. The van der Waals surface area contributed by atoms with Crippen LogP contribution in [0.2, 0.25) is 0 Å². The summed E-state index contributed by atoms with van der Waals surface area (Å²) in [4.78, 5) is 14.5. The highest BCUT2D eigenvalue weighted by atomic mass is 32.2. The molecule has 0 saturated heterocycles. The van der Waals surface area contributed by atoms with Crippen molar-refractivity contribution in [2.75, 3.05) is 11.9 Å². The van der Waals surface area contributed by atoms with Gasteiger partial charge >= 0.3 is 5.97 Å². The van der Waals surface area contributed by atoms with E-state index in [1.807, 2.05) is 18.2 Å². The van der Waals surface area contributed by atoms with Gasteiger partial charge in [-0.05, 0) is 30.7 Å². The first-order chi connectivity index (χ1) is 15.8. The Morgan fingerprint density at radius 3 is 2.70 bits per heavy atom. The zero-order valence-corrected chi connectivity index (χ0v) is 20.3. The van der Waals surface area contributed by atoms with Crippen molar-refractivity contribution >= 4 is 29.2 Å². The van der Waals surface area contributed by atoms with Gasteiger partial charge in [-0.25, -0.2) is 4.79 Å². The molecule has 9 heteroatoms. The van der Waals surface area contributed by atoms with Crippen LogP contribution in [0, 0.1) is 0 Å². The molecule has 0 saturated carbocycles. The minimum absolute atomic E-state index is 0.107. The molecular weight excluding hydrogens is 436 g/mol. The molecule has 0 atom stereocenters. The minimum Gasteiger partial charge on any atom is -0.462 e. The number of fused-ring (bicyclic) bond motifs is 1. The van der Waals surface area contributed by atoms with Crippen LogP contribution in [-0.2, 0) is 23.7 Å². The number of aromatic nitrogens is 5. The van der Waals surface area contributed by atoms with Crippen LogP contribution in [0.3, 0.4) is 0 Å². The number of anilines is 1. The Labute approximate surface area is 197 Å². The van der Waals surface area contributed by atoms with Gasteiger partial charge in [0.15, 0.2) is 5.65 Å². The van der Waals surface area contributed by atoms with E-state index in [4.69, 9.17) is 4.74 Å². The molecule has 1 N–H and O–H groups in total. The van der Waals surface area contributed by atoms with Gasteiger partial charge in [-0.3, -0.25) is 9.08 Å². The molecule has 8 nitrogen and oxygen atoms in total. The number of nitrogens with one attached hydrogen (secondary N) is 1. The van der Waals surface area contributed by atoms with Gasteiger partial charge in [0.05, 0.1) is 12.8 Å². The van der Waals surface area contributed by atoms with Gasteiger partial charge < -0.3 is 10.1 Å². The molecule has 0 bridgehead atoms. The SMILES string of the molecule is CCOC(=O)c1cnn(C)c1NCc1ccccc1Sc1ccc2nnc(C(C)(C)C)n2c1.